The molecule has 2 amide bonds. The molecular weight excluding hydrogens is 354 g/mol. The fraction of sp³-hybridized carbons (Fsp3) is 0.318. The van der Waals surface area contributed by atoms with Crippen LogP contribution in [-0.4, -0.2) is 37.7 Å². The Morgan fingerprint density at radius 2 is 1.43 bits per heavy atom. The summed E-state index contributed by atoms with van der Waals surface area (Å²) in [5, 5.41) is 5.71. The molecule has 2 aromatic rings. The van der Waals surface area contributed by atoms with Crippen molar-refractivity contribution in [3.63, 3.8) is 0 Å². The van der Waals surface area contributed by atoms with E-state index in [-0.39, 0.29) is 30.7 Å². The van der Waals surface area contributed by atoms with Gasteiger partial charge in [-0.2, -0.15) is 0 Å². The summed E-state index contributed by atoms with van der Waals surface area (Å²) in [4.78, 5) is 37.1. The van der Waals surface area contributed by atoms with E-state index < -0.39 is 0 Å². The standard InChI is InChI=1S/C22H27N3O3/c1-14-10-15(2)22(16(3)11-14)24-21(28)13-25(5)12-20(27)23-19-9-7-6-8-18(19)17(4)26/h6-11H,12-13H2,1-5H3,(H,23,27)(H,24,28)/p+1. The van der Waals surface area contributed by atoms with Crippen molar-refractivity contribution in [2.24, 2.45) is 0 Å². The Labute approximate surface area is 165 Å². The first kappa shape index (κ1) is 21.3. The van der Waals surface area contributed by atoms with Crippen molar-refractivity contribution >= 4 is 29.0 Å². The van der Waals surface area contributed by atoms with Crippen molar-refractivity contribution in [3.8, 4) is 0 Å². The van der Waals surface area contributed by atoms with Gasteiger partial charge in [-0.05, 0) is 51.0 Å². The minimum Gasteiger partial charge on any atom is -0.322 e. The maximum absolute atomic E-state index is 12.4. The Kier molecular flexibility index (Phi) is 7.06. The molecule has 0 aliphatic heterocycles. The summed E-state index contributed by atoms with van der Waals surface area (Å²) >= 11 is 0. The second-order valence-electron chi connectivity index (χ2n) is 7.28. The van der Waals surface area contributed by atoms with Crippen LogP contribution in [0.2, 0.25) is 0 Å². The van der Waals surface area contributed by atoms with Crippen LogP contribution in [0.25, 0.3) is 0 Å². The Morgan fingerprint density at radius 3 is 2.00 bits per heavy atom. The second-order valence-corrected chi connectivity index (χ2v) is 7.28. The van der Waals surface area contributed by atoms with E-state index in [9.17, 15) is 14.4 Å². The zero-order chi connectivity index (χ0) is 20.8. The number of anilines is 2. The molecule has 0 spiro atoms. The molecule has 0 radical (unpaired) electrons. The van der Waals surface area contributed by atoms with Crippen molar-refractivity contribution in [2.75, 3.05) is 30.8 Å². The van der Waals surface area contributed by atoms with Gasteiger partial charge in [-0.3, -0.25) is 14.4 Å². The van der Waals surface area contributed by atoms with Crippen LogP contribution in [0.3, 0.4) is 0 Å². The molecule has 0 saturated carbocycles. The lowest BCUT2D eigenvalue weighted by Gasteiger charge is -2.16. The van der Waals surface area contributed by atoms with Crippen molar-refractivity contribution < 1.29 is 19.3 Å². The van der Waals surface area contributed by atoms with Crippen LogP contribution in [0.1, 0.15) is 34.0 Å². The molecule has 1 unspecified atom stereocenters. The predicted octanol–water partition coefficient (Wildman–Crippen LogP) is 1.91. The molecule has 6 nitrogen and oxygen atoms in total. The highest BCUT2D eigenvalue weighted by atomic mass is 16.2. The number of nitrogens with one attached hydrogen (secondary N) is 3. The molecular formula is C22H28N3O3+. The summed E-state index contributed by atoms with van der Waals surface area (Å²) in [6, 6.07) is 10.9. The van der Waals surface area contributed by atoms with Crippen LogP contribution in [0.4, 0.5) is 11.4 Å². The van der Waals surface area contributed by atoms with Gasteiger partial charge >= 0.3 is 0 Å². The van der Waals surface area contributed by atoms with Gasteiger partial charge in [-0.25, -0.2) is 0 Å². The summed E-state index contributed by atoms with van der Waals surface area (Å²) in [5.41, 5.74) is 4.96. The van der Waals surface area contributed by atoms with Crippen LogP contribution in [0, 0.1) is 20.8 Å². The second kappa shape index (κ2) is 9.28. The van der Waals surface area contributed by atoms with E-state index in [0.717, 1.165) is 27.3 Å². The van der Waals surface area contributed by atoms with Gasteiger partial charge in [0.25, 0.3) is 11.8 Å². The molecule has 2 rings (SSSR count). The van der Waals surface area contributed by atoms with Gasteiger partial charge in [0.1, 0.15) is 0 Å². The molecule has 0 bridgehead atoms. The third kappa shape index (κ3) is 5.76. The minimum atomic E-state index is -0.248. The van der Waals surface area contributed by atoms with Crippen molar-refractivity contribution in [2.45, 2.75) is 27.7 Å². The number of carbonyl (C=O) groups excluding carboxylic acids is 3. The summed E-state index contributed by atoms with van der Waals surface area (Å²) in [6.45, 7) is 7.69. The largest absolute Gasteiger partial charge is 0.322 e. The monoisotopic (exact) mass is 382 g/mol. The van der Waals surface area contributed by atoms with Gasteiger partial charge in [0.2, 0.25) is 0 Å². The Balaban J connectivity index is 1.93. The lowest BCUT2D eigenvalue weighted by atomic mass is 10.1. The van der Waals surface area contributed by atoms with E-state index in [0.29, 0.717) is 11.3 Å². The van der Waals surface area contributed by atoms with Crippen LogP contribution >= 0.6 is 0 Å². The molecule has 6 heteroatoms. The zero-order valence-electron chi connectivity index (χ0n) is 17.1. The Morgan fingerprint density at radius 1 is 0.893 bits per heavy atom. The summed E-state index contributed by atoms with van der Waals surface area (Å²) in [6.07, 6.45) is 0. The number of carbonyl (C=O) groups is 3. The van der Waals surface area contributed by atoms with Crippen LogP contribution < -0.4 is 15.5 Å². The van der Waals surface area contributed by atoms with E-state index in [1.807, 2.05) is 32.9 Å². The quantitative estimate of drug-likeness (QED) is 0.640. The average molecular weight is 382 g/mol. The van der Waals surface area contributed by atoms with Gasteiger partial charge in [0.15, 0.2) is 18.9 Å². The van der Waals surface area contributed by atoms with Crippen molar-refractivity contribution in [1.29, 1.82) is 0 Å². The van der Waals surface area contributed by atoms with E-state index in [1.54, 1.807) is 31.3 Å². The highest BCUT2D eigenvalue weighted by molar-refractivity contribution is 6.03. The molecule has 28 heavy (non-hydrogen) atoms. The molecule has 2 aromatic carbocycles. The molecule has 148 valence electrons. The maximum Gasteiger partial charge on any atom is 0.279 e. The first-order valence-corrected chi connectivity index (χ1v) is 9.26. The first-order valence-electron chi connectivity index (χ1n) is 9.26. The van der Waals surface area contributed by atoms with E-state index in [4.69, 9.17) is 0 Å². The number of Topliss-reactive ketones (excluding diaryl/α,β-unsaturated/α-hetero) is 1. The highest BCUT2D eigenvalue weighted by Crippen LogP contribution is 2.21. The molecule has 0 saturated heterocycles. The normalized spacial score (nSPS) is 11.6. The van der Waals surface area contributed by atoms with E-state index in [2.05, 4.69) is 10.6 Å². The number of hydrogen-bond acceptors (Lipinski definition) is 3. The zero-order valence-corrected chi connectivity index (χ0v) is 17.1. The van der Waals surface area contributed by atoms with Gasteiger partial charge in [0, 0.05) is 11.3 Å². The highest BCUT2D eigenvalue weighted by Gasteiger charge is 2.17. The number of rotatable bonds is 7. The smallest absolute Gasteiger partial charge is 0.279 e. The summed E-state index contributed by atoms with van der Waals surface area (Å²) < 4.78 is 0. The topological polar surface area (TPSA) is 79.7 Å². The lowest BCUT2D eigenvalue weighted by Crippen LogP contribution is -3.11. The fourth-order valence-corrected chi connectivity index (χ4v) is 3.26. The first-order chi connectivity index (χ1) is 13.2. The third-order valence-electron chi connectivity index (χ3n) is 4.45. The number of para-hydroxylation sites is 1. The number of quaternary nitrogens is 1. The average Bonchev–Trinajstić information content (AvgIpc) is 2.58. The summed E-state index contributed by atoms with van der Waals surface area (Å²) in [5.74, 6) is -0.508. The fourth-order valence-electron chi connectivity index (χ4n) is 3.26. The van der Waals surface area contributed by atoms with Crippen LogP contribution in [0.15, 0.2) is 36.4 Å². The van der Waals surface area contributed by atoms with Crippen LogP contribution in [0.5, 0.6) is 0 Å². The number of aryl methyl sites for hydroxylation is 3. The van der Waals surface area contributed by atoms with E-state index in [1.165, 1.54) is 6.92 Å². The Hall–Kier alpha value is -2.99. The van der Waals surface area contributed by atoms with Gasteiger partial charge in [-0.15, -0.1) is 0 Å². The molecule has 0 heterocycles. The van der Waals surface area contributed by atoms with E-state index >= 15 is 0 Å². The third-order valence-corrected chi connectivity index (χ3v) is 4.45. The SMILES string of the molecule is CC(=O)c1ccccc1NC(=O)C[NH+](C)CC(=O)Nc1c(C)cc(C)cc1C. The number of likely N-dealkylation sites (N-methyl/N-ethyl adjacent to an activating group) is 1. The summed E-state index contributed by atoms with van der Waals surface area (Å²) in [7, 11) is 1.78. The lowest BCUT2D eigenvalue weighted by molar-refractivity contribution is -0.862. The molecule has 0 fully saturated rings. The maximum atomic E-state index is 12.4. The number of ketones is 1. The Bertz CT molecular complexity index is 883. The van der Waals surface area contributed by atoms with Gasteiger partial charge in [0.05, 0.1) is 12.7 Å². The molecule has 1 atom stereocenters. The number of benzene rings is 2. The molecule has 0 aromatic heterocycles. The molecule has 3 N–H and O–H groups in total. The number of hydrogen-bond donors (Lipinski definition) is 3. The predicted molar refractivity (Wildman–Crippen MR) is 111 cm³/mol. The molecule has 0 aliphatic carbocycles. The number of amides is 2. The van der Waals surface area contributed by atoms with Crippen molar-refractivity contribution in [1.82, 2.24) is 0 Å². The van der Waals surface area contributed by atoms with Crippen molar-refractivity contribution in [3.05, 3.63) is 58.7 Å². The molecule has 0 aliphatic rings. The van der Waals surface area contributed by atoms with Gasteiger partial charge < -0.3 is 15.5 Å². The van der Waals surface area contributed by atoms with Crippen LogP contribution in [-0.2, 0) is 9.59 Å². The van der Waals surface area contributed by atoms with Gasteiger partial charge in [-0.1, -0.05) is 29.8 Å². The minimum absolute atomic E-state index is 0.111.